The number of likely N-dealkylation sites (tertiary alicyclic amines) is 1. The van der Waals surface area contributed by atoms with Crippen molar-refractivity contribution >= 4 is 11.9 Å². The quantitative estimate of drug-likeness (QED) is 0.842. The van der Waals surface area contributed by atoms with Crippen molar-refractivity contribution < 1.29 is 19.4 Å². The summed E-state index contributed by atoms with van der Waals surface area (Å²) in [6, 6.07) is -0.561. The van der Waals surface area contributed by atoms with Gasteiger partial charge in [0.2, 0.25) is 0 Å². The van der Waals surface area contributed by atoms with Crippen LogP contribution in [0.3, 0.4) is 0 Å². The second-order valence-electron chi connectivity index (χ2n) is 5.54. The molecule has 1 saturated heterocycles. The molecule has 108 valence electrons. The average Bonchev–Trinajstić information content (AvgIpc) is 2.77. The van der Waals surface area contributed by atoms with Gasteiger partial charge in [-0.3, -0.25) is 4.79 Å². The highest BCUT2D eigenvalue weighted by atomic mass is 16.5. The van der Waals surface area contributed by atoms with Gasteiger partial charge in [-0.2, -0.15) is 0 Å². The number of hydrogen-bond acceptors (Lipinski definition) is 3. The largest absolute Gasteiger partial charge is 0.480 e. The lowest BCUT2D eigenvalue weighted by molar-refractivity contribution is -0.155. The monoisotopic (exact) mass is 269 g/mol. The van der Waals surface area contributed by atoms with Crippen LogP contribution in [0.5, 0.6) is 0 Å². The number of carboxylic acids is 1. The summed E-state index contributed by atoms with van der Waals surface area (Å²) in [4.78, 5) is 25.5. The molecule has 1 aliphatic carbocycles. The molecule has 4 atom stereocenters. The number of fused-ring (bicyclic) bond motifs is 1. The smallest absolute Gasteiger partial charge is 0.326 e. The molecule has 1 amide bonds. The first-order valence-corrected chi connectivity index (χ1v) is 7.22. The van der Waals surface area contributed by atoms with Gasteiger partial charge in [-0.1, -0.05) is 12.8 Å². The number of carbonyl (C=O) groups excluding carboxylic acids is 1. The maximum Gasteiger partial charge on any atom is 0.326 e. The molecular weight excluding hydrogens is 246 g/mol. The molecule has 1 aliphatic heterocycles. The van der Waals surface area contributed by atoms with Gasteiger partial charge < -0.3 is 14.7 Å². The fraction of sp³-hybridized carbons (Fsp3) is 0.857. The Morgan fingerprint density at radius 2 is 2.05 bits per heavy atom. The van der Waals surface area contributed by atoms with Crippen LogP contribution in [0.1, 0.15) is 46.0 Å². The lowest BCUT2D eigenvalue weighted by atomic mass is 9.84. The fourth-order valence-electron chi connectivity index (χ4n) is 3.53. The Kier molecular flexibility index (Phi) is 4.45. The number of ether oxygens (including phenoxy) is 1. The number of carbonyl (C=O) groups is 2. The van der Waals surface area contributed by atoms with E-state index in [-0.39, 0.29) is 11.9 Å². The maximum absolute atomic E-state index is 12.4. The minimum Gasteiger partial charge on any atom is -0.480 e. The first-order valence-electron chi connectivity index (χ1n) is 7.22. The Balaban J connectivity index is 2.17. The standard InChI is InChI=1S/C14H23NO4/c1-3-19-9(2)13(16)15-11-7-5-4-6-10(11)8-12(15)14(17)18/h9-12H,3-8H2,1-2H3,(H,17,18). The molecule has 0 spiro atoms. The van der Waals surface area contributed by atoms with E-state index in [0.717, 1.165) is 25.7 Å². The van der Waals surface area contributed by atoms with Crippen molar-refractivity contribution in [3.63, 3.8) is 0 Å². The molecule has 1 N–H and O–H groups in total. The van der Waals surface area contributed by atoms with E-state index in [4.69, 9.17) is 4.74 Å². The van der Waals surface area contributed by atoms with Crippen molar-refractivity contribution in [2.75, 3.05) is 6.61 Å². The predicted octanol–water partition coefficient (Wildman–Crippen LogP) is 1.66. The molecule has 0 aromatic heterocycles. The van der Waals surface area contributed by atoms with Gasteiger partial charge >= 0.3 is 5.97 Å². The highest BCUT2D eigenvalue weighted by molar-refractivity contribution is 5.87. The zero-order valence-corrected chi connectivity index (χ0v) is 11.7. The van der Waals surface area contributed by atoms with Crippen molar-refractivity contribution in [3.8, 4) is 0 Å². The lowest BCUT2D eigenvalue weighted by Gasteiger charge is -2.34. The minimum atomic E-state index is -0.883. The van der Waals surface area contributed by atoms with Crippen LogP contribution < -0.4 is 0 Å². The number of nitrogens with zero attached hydrogens (tertiary/aromatic N) is 1. The van der Waals surface area contributed by atoms with Crippen LogP contribution in [0.4, 0.5) is 0 Å². The van der Waals surface area contributed by atoms with Gasteiger partial charge in [0.05, 0.1) is 0 Å². The van der Waals surface area contributed by atoms with Crippen molar-refractivity contribution in [3.05, 3.63) is 0 Å². The summed E-state index contributed by atoms with van der Waals surface area (Å²) in [5.74, 6) is -0.692. The molecule has 19 heavy (non-hydrogen) atoms. The van der Waals surface area contributed by atoms with E-state index in [9.17, 15) is 14.7 Å². The molecule has 4 unspecified atom stereocenters. The van der Waals surface area contributed by atoms with Crippen LogP contribution in [-0.2, 0) is 14.3 Å². The highest BCUT2D eigenvalue weighted by Gasteiger charge is 2.48. The fourth-order valence-corrected chi connectivity index (χ4v) is 3.53. The van der Waals surface area contributed by atoms with Gasteiger partial charge in [0.15, 0.2) is 0 Å². The zero-order valence-electron chi connectivity index (χ0n) is 11.7. The van der Waals surface area contributed by atoms with E-state index >= 15 is 0 Å². The molecule has 5 nitrogen and oxygen atoms in total. The summed E-state index contributed by atoms with van der Waals surface area (Å²) >= 11 is 0. The predicted molar refractivity (Wildman–Crippen MR) is 69.7 cm³/mol. The SMILES string of the molecule is CCOC(C)C(=O)N1C(C(=O)O)CC2CCCCC21. The molecule has 2 aliphatic rings. The Hall–Kier alpha value is -1.10. The van der Waals surface area contributed by atoms with Gasteiger partial charge in [0.1, 0.15) is 12.1 Å². The van der Waals surface area contributed by atoms with Gasteiger partial charge in [-0.25, -0.2) is 4.79 Å². The summed E-state index contributed by atoms with van der Waals surface area (Å²) in [6.07, 6.45) is 4.26. The summed E-state index contributed by atoms with van der Waals surface area (Å²) in [6.45, 7) is 4.01. The number of amides is 1. The van der Waals surface area contributed by atoms with E-state index in [1.54, 1.807) is 11.8 Å². The van der Waals surface area contributed by atoms with Crippen LogP contribution in [0, 0.1) is 5.92 Å². The molecule has 0 bridgehead atoms. The molecule has 2 rings (SSSR count). The van der Waals surface area contributed by atoms with Crippen molar-refractivity contribution in [1.82, 2.24) is 4.90 Å². The lowest BCUT2D eigenvalue weighted by Crippen LogP contribution is -2.50. The van der Waals surface area contributed by atoms with Crippen LogP contribution in [0.25, 0.3) is 0 Å². The van der Waals surface area contributed by atoms with Gasteiger partial charge in [0, 0.05) is 12.6 Å². The Morgan fingerprint density at radius 1 is 1.37 bits per heavy atom. The van der Waals surface area contributed by atoms with Gasteiger partial charge in [-0.15, -0.1) is 0 Å². The third kappa shape index (κ3) is 2.76. The minimum absolute atomic E-state index is 0.102. The van der Waals surface area contributed by atoms with Crippen molar-refractivity contribution in [2.24, 2.45) is 5.92 Å². The number of aliphatic carboxylic acids is 1. The number of rotatable bonds is 4. The third-order valence-electron chi connectivity index (χ3n) is 4.39. The molecule has 5 heteroatoms. The molecule has 0 aromatic rings. The first-order chi connectivity index (χ1) is 9.06. The van der Waals surface area contributed by atoms with Crippen LogP contribution >= 0.6 is 0 Å². The van der Waals surface area contributed by atoms with Crippen LogP contribution in [0.15, 0.2) is 0 Å². The second-order valence-corrected chi connectivity index (χ2v) is 5.54. The Bertz CT molecular complexity index is 357. The summed E-state index contributed by atoms with van der Waals surface area (Å²) < 4.78 is 5.34. The molecular formula is C14H23NO4. The van der Waals surface area contributed by atoms with Gasteiger partial charge in [-0.05, 0) is 39.0 Å². The number of hydrogen-bond donors (Lipinski definition) is 1. The van der Waals surface area contributed by atoms with Crippen molar-refractivity contribution in [1.29, 1.82) is 0 Å². The Labute approximate surface area is 113 Å². The maximum atomic E-state index is 12.4. The molecule has 1 heterocycles. The van der Waals surface area contributed by atoms with E-state index in [0.29, 0.717) is 18.9 Å². The molecule has 1 saturated carbocycles. The van der Waals surface area contributed by atoms with E-state index in [1.165, 1.54) is 0 Å². The average molecular weight is 269 g/mol. The summed E-state index contributed by atoms with van der Waals surface area (Å²) in [5.41, 5.74) is 0. The van der Waals surface area contributed by atoms with Crippen LogP contribution in [-0.4, -0.2) is 46.7 Å². The normalized spacial score (nSPS) is 31.9. The van der Waals surface area contributed by atoms with E-state index < -0.39 is 18.1 Å². The highest BCUT2D eigenvalue weighted by Crippen LogP contribution is 2.40. The molecule has 0 aromatic carbocycles. The van der Waals surface area contributed by atoms with Crippen molar-refractivity contribution in [2.45, 2.75) is 64.1 Å². The second kappa shape index (κ2) is 5.90. The topological polar surface area (TPSA) is 66.8 Å². The van der Waals surface area contributed by atoms with Gasteiger partial charge in [0.25, 0.3) is 5.91 Å². The molecule has 2 fully saturated rings. The summed E-state index contributed by atoms with van der Waals surface area (Å²) in [7, 11) is 0. The first kappa shape index (κ1) is 14.3. The van der Waals surface area contributed by atoms with Crippen LogP contribution in [0.2, 0.25) is 0 Å². The molecule has 0 radical (unpaired) electrons. The number of carboxylic acid groups (broad SMARTS) is 1. The third-order valence-corrected chi connectivity index (χ3v) is 4.39. The Morgan fingerprint density at radius 3 is 2.68 bits per heavy atom. The zero-order chi connectivity index (χ0) is 14.0. The van der Waals surface area contributed by atoms with E-state index in [1.807, 2.05) is 6.92 Å². The van der Waals surface area contributed by atoms with E-state index in [2.05, 4.69) is 0 Å². The summed E-state index contributed by atoms with van der Waals surface area (Å²) in [5, 5.41) is 9.36.